The first-order valence-corrected chi connectivity index (χ1v) is 7.70. The van der Waals surface area contributed by atoms with Crippen molar-refractivity contribution in [2.75, 3.05) is 14.2 Å². The monoisotopic (exact) mass is 307 g/mol. The van der Waals surface area contributed by atoms with Gasteiger partial charge in [-0.3, -0.25) is 0 Å². The van der Waals surface area contributed by atoms with Crippen LogP contribution >= 0.6 is 0 Å². The van der Waals surface area contributed by atoms with Crippen LogP contribution in [0.5, 0.6) is 11.5 Å². The molecule has 3 aromatic rings. The van der Waals surface area contributed by atoms with Gasteiger partial charge in [0.1, 0.15) is 11.5 Å². The first-order valence-electron chi connectivity index (χ1n) is 7.70. The van der Waals surface area contributed by atoms with Crippen molar-refractivity contribution in [2.45, 2.75) is 13.1 Å². The van der Waals surface area contributed by atoms with Crippen molar-refractivity contribution in [3.05, 3.63) is 71.8 Å². The highest BCUT2D eigenvalue weighted by Gasteiger charge is 2.05. The molecule has 0 amide bonds. The van der Waals surface area contributed by atoms with Crippen molar-refractivity contribution in [3.8, 4) is 11.5 Å². The van der Waals surface area contributed by atoms with Crippen molar-refractivity contribution < 1.29 is 9.47 Å². The number of methoxy groups -OCH3 is 2. The highest BCUT2D eigenvalue weighted by atomic mass is 16.5. The predicted molar refractivity (Wildman–Crippen MR) is 94.0 cm³/mol. The van der Waals surface area contributed by atoms with Crippen LogP contribution in [0.3, 0.4) is 0 Å². The van der Waals surface area contributed by atoms with Crippen LogP contribution in [0, 0.1) is 0 Å². The van der Waals surface area contributed by atoms with E-state index in [1.807, 2.05) is 24.3 Å². The molecule has 118 valence electrons. The minimum Gasteiger partial charge on any atom is -0.497 e. The third-order valence-corrected chi connectivity index (χ3v) is 4.00. The maximum Gasteiger partial charge on any atom is 0.126 e. The Bertz CT molecular complexity index is 781. The quantitative estimate of drug-likeness (QED) is 0.742. The van der Waals surface area contributed by atoms with Crippen molar-refractivity contribution in [3.63, 3.8) is 0 Å². The topological polar surface area (TPSA) is 30.5 Å². The Kier molecular flexibility index (Phi) is 4.79. The first-order chi connectivity index (χ1) is 11.3. The number of benzene rings is 3. The van der Waals surface area contributed by atoms with Crippen molar-refractivity contribution in [2.24, 2.45) is 0 Å². The Morgan fingerprint density at radius 3 is 2.17 bits per heavy atom. The highest BCUT2D eigenvalue weighted by Crippen LogP contribution is 2.28. The van der Waals surface area contributed by atoms with Gasteiger partial charge in [-0.1, -0.05) is 42.5 Å². The molecule has 0 radical (unpaired) electrons. The summed E-state index contributed by atoms with van der Waals surface area (Å²) in [5.74, 6) is 1.80. The number of ether oxygens (including phenoxy) is 2. The van der Waals surface area contributed by atoms with E-state index in [9.17, 15) is 0 Å². The summed E-state index contributed by atoms with van der Waals surface area (Å²) in [7, 11) is 3.39. The molecule has 0 bridgehead atoms. The number of rotatable bonds is 6. The lowest BCUT2D eigenvalue weighted by molar-refractivity contribution is 0.414. The molecule has 0 atom stereocenters. The van der Waals surface area contributed by atoms with Crippen molar-refractivity contribution in [1.82, 2.24) is 5.32 Å². The van der Waals surface area contributed by atoms with E-state index in [0.29, 0.717) is 0 Å². The SMILES string of the molecule is COc1ccc(CNCc2ccc(OC)c3ccccc23)cc1. The predicted octanol–water partition coefficient (Wildman–Crippen LogP) is 4.15. The molecule has 23 heavy (non-hydrogen) atoms. The summed E-state index contributed by atoms with van der Waals surface area (Å²) in [6, 6.07) is 20.6. The van der Waals surface area contributed by atoms with Gasteiger partial charge in [-0.05, 0) is 34.7 Å². The van der Waals surface area contributed by atoms with E-state index in [-0.39, 0.29) is 0 Å². The molecule has 0 aliphatic rings. The number of fused-ring (bicyclic) bond motifs is 1. The maximum absolute atomic E-state index is 5.45. The molecule has 0 aliphatic carbocycles. The first kappa shape index (κ1) is 15.4. The zero-order valence-electron chi connectivity index (χ0n) is 13.5. The molecular formula is C20H21NO2. The summed E-state index contributed by atoms with van der Waals surface area (Å²) in [5.41, 5.74) is 2.51. The lowest BCUT2D eigenvalue weighted by Gasteiger charge is -2.11. The van der Waals surface area contributed by atoms with Crippen molar-refractivity contribution in [1.29, 1.82) is 0 Å². The summed E-state index contributed by atoms with van der Waals surface area (Å²) in [6.45, 7) is 1.64. The average Bonchev–Trinajstić information content (AvgIpc) is 2.62. The Morgan fingerprint density at radius 2 is 1.48 bits per heavy atom. The number of nitrogens with one attached hydrogen (secondary N) is 1. The Labute approximate surface area is 136 Å². The van der Waals surface area contributed by atoms with Crippen LogP contribution in [0.1, 0.15) is 11.1 Å². The third-order valence-electron chi connectivity index (χ3n) is 4.00. The minimum absolute atomic E-state index is 0.816. The van der Waals surface area contributed by atoms with E-state index in [0.717, 1.165) is 30.0 Å². The molecular weight excluding hydrogens is 286 g/mol. The van der Waals surface area contributed by atoms with Gasteiger partial charge in [0, 0.05) is 18.5 Å². The molecule has 0 saturated carbocycles. The van der Waals surface area contributed by atoms with Crippen LogP contribution in [0.2, 0.25) is 0 Å². The lowest BCUT2D eigenvalue weighted by atomic mass is 10.0. The summed E-state index contributed by atoms with van der Waals surface area (Å²) in [5, 5.41) is 5.89. The van der Waals surface area contributed by atoms with Gasteiger partial charge in [-0.15, -0.1) is 0 Å². The normalized spacial score (nSPS) is 10.7. The Balaban J connectivity index is 1.72. The fraction of sp³-hybridized carbons (Fsp3) is 0.200. The fourth-order valence-electron chi connectivity index (χ4n) is 2.75. The van der Waals surface area contributed by atoms with Gasteiger partial charge in [0.05, 0.1) is 14.2 Å². The molecule has 0 spiro atoms. The largest absolute Gasteiger partial charge is 0.497 e. The summed E-state index contributed by atoms with van der Waals surface area (Å²) >= 11 is 0. The second-order valence-corrected chi connectivity index (χ2v) is 5.42. The van der Waals surface area contributed by atoms with Gasteiger partial charge in [-0.2, -0.15) is 0 Å². The summed E-state index contributed by atoms with van der Waals surface area (Å²) < 4.78 is 10.6. The molecule has 3 rings (SSSR count). The second-order valence-electron chi connectivity index (χ2n) is 5.42. The van der Waals surface area contributed by atoms with E-state index < -0.39 is 0 Å². The van der Waals surface area contributed by atoms with Crippen molar-refractivity contribution >= 4 is 10.8 Å². The van der Waals surface area contributed by atoms with Crippen LogP contribution in [0.25, 0.3) is 10.8 Å². The molecule has 3 aromatic carbocycles. The zero-order chi connectivity index (χ0) is 16.1. The molecule has 0 unspecified atom stereocenters. The smallest absolute Gasteiger partial charge is 0.126 e. The van der Waals surface area contributed by atoms with Gasteiger partial charge in [0.15, 0.2) is 0 Å². The highest BCUT2D eigenvalue weighted by molar-refractivity contribution is 5.91. The maximum atomic E-state index is 5.45. The van der Waals surface area contributed by atoms with Crippen LogP contribution in [0.15, 0.2) is 60.7 Å². The van der Waals surface area contributed by atoms with Gasteiger partial charge in [-0.25, -0.2) is 0 Å². The Hall–Kier alpha value is -2.52. The Morgan fingerprint density at radius 1 is 0.739 bits per heavy atom. The zero-order valence-corrected chi connectivity index (χ0v) is 13.5. The fourth-order valence-corrected chi connectivity index (χ4v) is 2.75. The molecule has 0 fully saturated rings. The lowest BCUT2D eigenvalue weighted by Crippen LogP contribution is -2.13. The van der Waals surface area contributed by atoms with Gasteiger partial charge in [0.25, 0.3) is 0 Å². The van der Waals surface area contributed by atoms with E-state index >= 15 is 0 Å². The third kappa shape index (κ3) is 3.46. The van der Waals surface area contributed by atoms with Gasteiger partial charge < -0.3 is 14.8 Å². The minimum atomic E-state index is 0.816. The second kappa shape index (κ2) is 7.16. The molecule has 0 heterocycles. The number of hydrogen-bond donors (Lipinski definition) is 1. The van der Waals surface area contributed by atoms with Crippen LogP contribution in [-0.2, 0) is 13.1 Å². The standard InChI is InChI=1S/C20H21NO2/c1-22-17-10-7-15(8-11-17)13-21-14-16-9-12-20(23-2)19-6-4-3-5-18(16)19/h3-12,21H,13-14H2,1-2H3. The molecule has 0 saturated heterocycles. The van der Waals surface area contributed by atoms with Crippen LogP contribution < -0.4 is 14.8 Å². The summed E-state index contributed by atoms with van der Waals surface area (Å²) in [4.78, 5) is 0. The van der Waals surface area contributed by atoms with E-state index in [4.69, 9.17) is 9.47 Å². The molecule has 3 heteroatoms. The van der Waals surface area contributed by atoms with Gasteiger partial charge in [0.2, 0.25) is 0 Å². The average molecular weight is 307 g/mol. The van der Waals surface area contributed by atoms with E-state index in [2.05, 4.69) is 41.7 Å². The van der Waals surface area contributed by atoms with E-state index in [1.165, 1.54) is 16.5 Å². The molecule has 1 N–H and O–H groups in total. The molecule has 0 aliphatic heterocycles. The number of hydrogen-bond acceptors (Lipinski definition) is 3. The van der Waals surface area contributed by atoms with E-state index in [1.54, 1.807) is 14.2 Å². The molecule has 0 aromatic heterocycles. The molecule has 3 nitrogen and oxygen atoms in total. The van der Waals surface area contributed by atoms with Crippen LogP contribution in [0.4, 0.5) is 0 Å². The van der Waals surface area contributed by atoms with Crippen LogP contribution in [-0.4, -0.2) is 14.2 Å². The van der Waals surface area contributed by atoms with Gasteiger partial charge >= 0.3 is 0 Å². The summed E-state index contributed by atoms with van der Waals surface area (Å²) in [6.07, 6.45) is 0.